The van der Waals surface area contributed by atoms with Crippen LogP contribution in [0.25, 0.3) is 0 Å². The predicted octanol–water partition coefficient (Wildman–Crippen LogP) is 2.13. The maximum absolute atomic E-state index is 12.3. The molecule has 2 amide bonds. The van der Waals surface area contributed by atoms with Crippen LogP contribution in [-0.4, -0.2) is 27.7 Å². The molecule has 120 valence electrons. The number of rotatable bonds is 6. The van der Waals surface area contributed by atoms with E-state index in [4.69, 9.17) is 0 Å². The molecule has 0 bridgehead atoms. The Morgan fingerprint density at radius 2 is 1.74 bits per heavy atom. The summed E-state index contributed by atoms with van der Waals surface area (Å²) in [5.41, 5.74) is 1.97. The van der Waals surface area contributed by atoms with Crippen LogP contribution in [0, 0.1) is 0 Å². The second kappa shape index (κ2) is 8.08. The summed E-state index contributed by atoms with van der Waals surface area (Å²) >= 11 is 0. The van der Waals surface area contributed by atoms with Gasteiger partial charge in [-0.3, -0.25) is 14.6 Å². The highest BCUT2D eigenvalue weighted by Crippen LogP contribution is 2.09. The number of amides is 2. The molecule has 0 fully saturated rings. The van der Waals surface area contributed by atoms with E-state index < -0.39 is 6.04 Å². The third-order valence-electron chi connectivity index (χ3n) is 3.66. The summed E-state index contributed by atoms with van der Waals surface area (Å²) in [5.74, 6) is -0.298. The molecule has 1 aromatic heterocycles. The smallest absolute Gasteiger partial charge is 0.242 e. The van der Waals surface area contributed by atoms with Crippen LogP contribution in [0.2, 0.25) is 0 Å². The van der Waals surface area contributed by atoms with Crippen LogP contribution in [0.1, 0.15) is 25.0 Å². The fourth-order valence-electron chi connectivity index (χ4n) is 2.28. The quantitative estimate of drug-likeness (QED) is 0.889. The maximum atomic E-state index is 12.3. The van der Waals surface area contributed by atoms with Gasteiger partial charge in [0, 0.05) is 32.4 Å². The summed E-state index contributed by atoms with van der Waals surface area (Å²) in [7, 11) is 0. The van der Waals surface area contributed by atoms with Gasteiger partial charge in [-0.05, 0) is 30.2 Å². The molecule has 0 aliphatic rings. The first kappa shape index (κ1) is 16.7. The zero-order valence-electron chi connectivity index (χ0n) is 13.4. The van der Waals surface area contributed by atoms with E-state index in [9.17, 15) is 9.59 Å². The first-order valence-corrected chi connectivity index (χ1v) is 7.55. The van der Waals surface area contributed by atoms with Gasteiger partial charge in [-0.25, -0.2) is 0 Å². The lowest BCUT2D eigenvalue weighted by Gasteiger charge is -2.27. The van der Waals surface area contributed by atoms with E-state index in [-0.39, 0.29) is 11.8 Å². The lowest BCUT2D eigenvalue weighted by molar-refractivity contribution is -0.139. The minimum absolute atomic E-state index is 0.125. The molecule has 0 saturated heterocycles. The monoisotopic (exact) mass is 311 g/mol. The SMILES string of the molecule is CC(=O)N(Cc1ccccc1)[C@@H](C)C(=O)NCc1ccncc1. The third kappa shape index (κ3) is 4.92. The Morgan fingerprint density at radius 1 is 1.09 bits per heavy atom. The Kier molecular flexibility index (Phi) is 5.86. The summed E-state index contributed by atoms with van der Waals surface area (Å²) in [6, 6.07) is 12.8. The van der Waals surface area contributed by atoms with Gasteiger partial charge < -0.3 is 10.2 Å². The van der Waals surface area contributed by atoms with Crippen LogP contribution < -0.4 is 5.32 Å². The molecule has 2 rings (SSSR count). The average Bonchev–Trinajstić information content (AvgIpc) is 2.58. The second-order valence-corrected chi connectivity index (χ2v) is 5.38. The van der Waals surface area contributed by atoms with E-state index in [0.29, 0.717) is 13.1 Å². The van der Waals surface area contributed by atoms with Crippen molar-refractivity contribution in [1.82, 2.24) is 15.2 Å². The summed E-state index contributed by atoms with van der Waals surface area (Å²) in [6.45, 7) is 4.06. The van der Waals surface area contributed by atoms with E-state index in [2.05, 4.69) is 10.3 Å². The molecule has 0 saturated carbocycles. The minimum atomic E-state index is -0.533. The number of carbonyl (C=O) groups excluding carboxylic acids is 2. The molecule has 0 aliphatic carbocycles. The molecular weight excluding hydrogens is 290 g/mol. The molecule has 5 nitrogen and oxygen atoms in total. The largest absolute Gasteiger partial charge is 0.350 e. The van der Waals surface area contributed by atoms with Gasteiger partial charge in [-0.1, -0.05) is 30.3 Å². The van der Waals surface area contributed by atoms with Gasteiger partial charge in [-0.15, -0.1) is 0 Å². The van der Waals surface area contributed by atoms with E-state index in [1.165, 1.54) is 6.92 Å². The van der Waals surface area contributed by atoms with Crippen molar-refractivity contribution < 1.29 is 9.59 Å². The Bertz CT molecular complexity index is 644. The number of benzene rings is 1. The zero-order chi connectivity index (χ0) is 16.7. The highest BCUT2D eigenvalue weighted by molar-refractivity contribution is 5.86. The van der Waals surface area contributed by atoms with Crippen molar-refractivity contribution in [3.05, 3.63) is 66.0 Å². The molecule has 1 atom stereocenters. The summed E-state index contributed by atoms with van der Waals surface area (Å²) < 4.78 is 0. The molecule has 0 unspecified atom stereocenters. The van der Waals surface area contributed by atoms with Gasteiger partial charge in [0.15, 0.2) is 0 Å². The Balaban J connectivity index is 1.98. The van der Waals surface area contributed by atoms with Gasteiger partial charge in [0.1, 0.15) is 6.04 Å². The van der Waals surface area contributed by atoms with Crippen molar-refractivity contribution in [1.29, 1.82) is 0 Å². The Morgan fingerprint density at radius 3 is 2.35 bits per heavy atom. The fourth-order valence-corrected chi connectivity index (χ4v) is 2.28. The Labute approximate surface area is 136 Å². The standard InChI is InChI=1S/C18H21N3O2/c1-14(18(23)20-12-16-8-10-19-11-9-16)21(15(2)22)13-17-6-4-3-5-7-17/h3-11,14H,12-13H2,1-2H3,(H,20,23)/t14-/m0/s1. The molecule has 5 heteroatoms. The third-order valence-corrected chi connectivity index (χ3v) is 3.66. The summed E-state index contributed by atoms with van der Waals surface area (Å²) in [5, 5.41) is 2.86. The van der Waals surface area contributed by atoms with Gasteiger partial charge in [0.25, 0.3) is 0 Å². The van der Waals surface area contributed by atoms with E-state index in [0.717, 1.165) is 11.1 Å². The number of aromatic nitrogens is 1. The lowest BCUT2D eigenvalue weighted by atomic mass is 10.1. The number of pyridine rings is 1. The fraction of sp³-hybridized carbons (Fsp3) is 0.278. The number of nitrogens with zero attached hydrogens (tertiary/aromatic N) is 2. The molecule has 0 aliphatic heterocycles. The predicted molar refractivity (Wildman–Crippen MR) is 88.2 cm³/mol. The molecule has 1 N–H and O–H groups in total. The molecular formula is C18H21N3O2. The van der Waals surface area contributed by atoms with Crippen LogP contribution in [0.15, 0.2) is 54.9 Å². The van der Waals surface area contributed by atoms with Crippen molar-refractivity contribution in [2.24, 2.45) is 0 Å². The molecule has 2 aromatic rings. The first-order chi connectivity index (χ1) is 11.1. The van der Waals surface area contributed by atoms with Gasteiger partial charge in [0.05, 0.1) is 0 Å². The van der Waals surface area contributed by atoms with Crippen molar-refractivity contribution in [2.45, 2.75) is 33.0 Å². The molecule has 1 heterocycles. The average molecular weight is 311 g/mol. The van der Waals surface area contributed by atoms with E-state index >= 15 is 0 Å². The molecule has 0 spiro atoms. The van der Waals surface area contributed by atoms with Crippen molar-refractivity contribution in [3.8, 4) is 0 Å². The van der Waals surface area contributed by atoms with Gasteiger partial charge in [0.2, 0.25) is 11.8 Å². The van der Waals surface area contributed by atoms with Crippen molar-refractivity contribution in [3.63, 3.8) is 0 Å². The number of nitrogens with one attached hydrogen (secondary N) is 1. The minimum Gasteiger partial charge on any atom is -0.350 e. The van der Waals surface area contributed by atoms with Crippen molar-refractivity contribution >= 4 is 11.8 Å². The summed E-state index contributed by atoms with van der Waals surface area (Å²) in [6.07, 6.45) is 3.37. The molecule has 23 heavy (non-hydrogen) atoms. The molecule has 1 aromatic carbocycles. The Hall–Kier alpha value is -2.69. The van der Waals surface area contributed by atoms with Gasteiger partial charge in [-0.2, -0.15) is 0 Å². The highest BCUT2D eigenvalue weighted by Gasteiger charge is 2.23. The van der Waals surface area contributed by atoms with Crippen LogP contribution in [0.5, 0.6) is 0 Å². The van der Waals surface area contributed by atoms with Crippen LogP contribution in [0.4, 0.5) is 0 Å². The van der Waals surface area contributed by atoms with Crippen LogP contribution in [0.3, 0.4) is 0 Å². The maximum Gasteiger partial charge on any atom is 0.242 e. The first-order valence-electron chi connectivity index (χ1n) is 7.55. The highest BCUT2D eigenvalue weighted by atomic mass is 16.2. The lowest BCUT2D eigenvalue weighted by Crippen LogP contribution is -2.46. The topological polar surface area (TPSA) is 62.3 Å². The van der Waals surface area contributed by atoms with Crippen LogP contribution in [-0.2, 0) is 22.7 Å². The number of hydrogen-bond donors (Lipinski definition) is 1. The summed E-state index contributed by atoms with van der Waals surface area (Å²) in [4.78, 5) is 29.7. The van der Waals surface area contributed by atoms with Crippen molar-refractivity contribution in [2.75, 3.05) is 0 Å². The van der Waals surface area contributed by atoms with Gasteiger partial charge >= 0.3 is 0 Å². The number of hydrogen-bond acceptors (Lipinski definition) is 3. The number of carbonyl (C=O) groups is 2. The van der Waals surface area contributed by atoms with E-state index in [1.807, 2.05) is 42.5 Å². The molecule has 0 radical (unpaired) electrons. The van der Waals surface area contributed by atoms with E-state index in [1.54, 1.807) is 24.2 Å². The zero-order valence-corrected chi connectivity index (χ0v) is 13.4. The normalized spacial score (nSPS) is 11.6. The second-order valence-electron chi connectivity index (χ2n) is 5.38. The van der Waals surface area contributed by atoms with Crippen LogP contribution >= 0.6 is 0 Å².